The first-order valence-corrected chi connectivity index (χ1v) is 22.4. The normalized spacial score (nSPS) is 12.8. The maximum absolute atomic E-state index is 14.3. The molecule has 5 nitrogen and oxygen atoms in total. The van der Waals surface area contributed by atoms with E-state index < -0.39 is 0 Å². The van der Waals surface area contributed by atoms with Crippen molar-refractivity contribution in [3.05, 3.63) is 199 Å². The van der Waals surface area contributed by atoms with Gasteiger partial charge in [0.25, 0.3) is 0 Å². The second-order valence-corrected chi connectivity index (χ2v) is 19.4. The van der Waals surface area contributed by atoms with Gasteiger partial charge in [-0.15, -0.1) is 53.6 Å². The Bertz CT molecular complexity index is 3250. The number of benzene rings is 7. The average molecular weight is 1050 g/mol. The molecule has 0 aliphatic carbocycles. The molecule has 0 spiro atoms. The van der Waals surface area contributed by atoms with Gasteiger partial charge in [0, 0.05) is 66.9 Å². The third kappa shape index (κ3) is 8.22. The van der Waals surface area contributed by atoms with E-state index in [0.717, 1.165) is 72.6 Å². The average Bonchev–Trinajstić information content (AvgIpc) is 3.84. The second-order valence-electron chi connectivity index (χ2n) is 19.4. The minimum atomic E-state index is -0.262. The summed E-state index contributed by atoms with van der Waals surface area (Å²) in [6.45, 7) is 20.0. The molecule has 2 aromatic heterocycles. The van der Waals surface area contributed by atoms with Crippen LogP contribution in [-0.2, 0) is 31.9 Å². The fourth-order valence-corrected chi connectivity index (χ4v) is 9.18. The summed E-state index contributed by atoms with van der Waals surface area (Å²) in [5.41, 5.74) is 13.3. The number of hydrogen-bond acceptors (Lipinski definition) is 4. The van der Waals surface area contributed by atoms with Gasteiger partial charge in [-0.25, -0.2) is 9.37 Å². The van der Waals surface area contributed by atoms with E-state index in [2.05, 4.69) is 210 Å². The number of anilines is 4. The first kappa shape index (κ1) is 44.7. The quantitative estimate of drug-likeness (QED) is 0.142. The summed E-state index contributed by atoms with van der Waals surface area (Å²) in [4.78, 5) is 9.37. The Hall–Kier alpha value is -6.49. The van der Waals surface area contributed by atoms with Crippen LogP contribution in [0.15, 0.2) is 158 Å². The van der Waals surface area contributed by atoms with Crippen LogP contribution in [-0.4, -0.2) is 9.55 Å². The van der Waals surface area contributed by atoms with Gasteiger partial charge in [0.05, 0.1) is 0 Å². The molecule has 10 rings (SSSR count). The molecular weight excluding hydrogens is 995 g/mol. The van der Waals surface area contributed by atoms with Gasteiger partial charge in [-0.2, -0.15) is 6.07 Å². The van der Waals surface area contributed by atoms with Gasteiger partial charge in [-0.1, -0.05) is 146 Å². The summed E-state index contributed by atoms with van der Waals surface area (Å²) in [7, 11) is 0. The standard InChI is InChI=1S/C59H52FN4O.Pt/c1-38(2)46-16-9-10-17-47(46)40-32-43(62-37-63(54-23-14-13-22-53(54)62)57-48(39-24-26-42(60)27-25-39)19-15-20-51(57)59(6,7)8)35-45(33-40)65-44-28-29-50-49-18-11-12-21-52(49)64(55(50)36-44)56-34-41(30-31-61-56)58(3,4)5;/h9-34,37-38H,1-8H3;/q-3;. The van der Waals surface area contributed by atoms with E-state index in [9.17, 15) is 4.39 Å². The van der Waals surface area contributed by atoms with Gasteiger partial charge in [-0.05, 0) is 92.4 Å². The Balaban J connectivity index is 0.00000548. The van der Waals surface area contributed by atoms with Crippen molar-refractivity contribution >= 4 is 44.6 Å². The molecule has 7 heteroatoms. The molecule has 0 amide bonds. The molecular formula is C59H52FN4OPt-3. The predicted molar refractivity (Wildman–Crippen MR) is 267 cm³/mol. The number of pyridine rings is 1. The number of hydrogen-bond donors (Lipinski definition) is 0. The minimum Gasteiger partial charge on any atom is -0.509 e. The van der Waals surface area contributed by atoms with Crippen LogP contribution in [0.1, 0.15) is 78.0 Å². The molecule has 9 aromatic rings. The molecule has 1 aliphatic rings. The summed E-state index contributed by atoms with van der Waals surface area (Å²) in [6.07, 6.45) is 1.90. The molecule has 0 fully saturated rings. The van der Waals surface area contributed by atoms with Crippen LogP contribution in [0.25, 0.3) is 49.9 Å². The van der Waals surface area contributed by atoms with Crippen molar-refractivity contribution in [3.8, 4) is 39.6 Å². The maximum atomic E-state index is 14.3. The largest absolute Gasteiger partial charge is 0.509 e. The monoisotopic (exact) mass is 1050 g/mol. The van der Waals surface area contributed by atoms with Gasteiger partial charge in [0.1, 0.15) is 11.6 Å². The molecule has 66 heavy (non-hydrogen) atoms. The Kier molecular flexibility index (Phi) is 11.8. The van der Waals surface area contributed by atoms with Crippen LogP contribution in [0.5, 0.6) is 11.5 Å². The van der Waals surface area contributed by atoms with E-state index in [1.54, 1.807) is 0 Å². The number of fused-ring (bicyclic) bond motifs is 4. The molecule has 0 saturated carbocycles. The summed E-state index contributed by atoms with van der Waals surface area (Å²) in [6, 6.07) is 58.8. The molecule has 0 saturated heterocycles. The molecule has 7 aromatic carbocycles. The first-order valence-electron chi connectivity index (χ1n) is 22.4. The fourth-order valence-electron chi connectivity index (χ4n) is 9.18. The van der Waals surface area contributed by atoms with Gasteiger partial charge >= 0.3 is 0 Å². The fraction of sp³-hybridized carbons (Fsp3) is 0.186. The van der Waals surface area contributed by atoms with E-state index in [-0.39, 0.29) is 37.7 Å². The zero-order valence-corrected chi connectivity index (χ0v) is 40.8. The molecule has 0 bridgehead atoms. The summed E-state index contributed by atoms with van der Waals surface area (Å²) < 4.78 is 23.4. The zero-order chi connectivity index (χ0) is 45.2. The summed E-state index contributed by atoms with van der Waals surface area (Å²) in [5.74, 6) is 2.00. The van der Waals surface area contributed by atoms with Gasteiger partial charge in [0.15, 0.2) is 0 Å². The first-order chi connectivity index (χ1) is 31.2. The number of rotatable bonds is 8. The number of ether oxygens (including phenoxy) is 1. The number of para-hydroxylation sites is 4. The van der Waals surface area contributed by atoms with E-state index >= 15 is 0 Å². The zero-order valence-electron chi connectivity index (χ0n) is 38.6. The number of halogens is 1. The van der Waals surface area contributed by atoms with Crippen molar-refractivity contribution in [1.82, 2.24) is 9.55 Å². The van der Waals surface area contributed by atoms with E-state index in [1.807, 2.05) is 24.4 Å². The smallest absolute Gasteiger partial charge is 0.135 e. The van der Waals surface area contributed by atoms with Gasteiger partial charge in [-0.3, -0.25) is 0 Å². The van der Waals surface area contributed by atoms with Crippen LogP contribution in [0.4, 0.5) is 27.1 Å². The van der Waals surface area contributed by atoms with Crippen LogP contribution in [0.3, 0.4) is 0 Å². The molecule has 3 heterocycles. The molecule has 0 N–H and O–H groups in total. The van der Waals surface area contributed by atoms with Crippen LogP contribution < -0.4 is 14.5 Å². The minimum absolute atomic E-state index is 0. The topological polar surface area (TPSA) is 33.5 Å². The van der Waals surface area contributed by atoms with Crippen LogP contribution in [0, 0.1) is 24.6 Å². The Morgan fingerprint density at radius 2 is 1.32 bits per heavy atom. The number of nitrogens with zero attached hydrogens (tertiary/aromatic N) is 4. The van der Waals surface area contributed by atoms with Crippen molar-refractivity contribution < 1.29 is 30.2 Å². The van der Waals surface area contributed by atoms with Crippen molar-refractivity contribution in [2.24, 2.45) is 0 Å². The van der Waals surface area contributed by atoms with Gasteiger partial charge < -0.3 is 19.1 Å². The van der Waals surface area contributed by atoms with Gasteiger partial charge in [0.2, 0.25) is 0 Å². The number of aromatic nitrogens is 2. The molecule has 0 unspecified atom stereocenters. The third-order valence-electron chi connectivity index (χ3n) is 12.5. The van der Waals surface area contributed by atoms with Crippen molar-refractivity contribution in [2.75, 3.05) is 9.80 Å². The Labute approximate surface area is 402 Å². The predicted octanol–water partition coefficient (Wildman–Crippen LogP) is 16.2. The maximum Gasteiger partial charge on any atom is 0.135 e. The van der Waals surface area contributed by atoms with E-state index in [4.69, 9.17) is 9.72 Å². The van der Waals surface area contributed by atoms with Crippen molar-refractivity contribution in [3.63, 3.8) is 0 Å². The Morgan fingerprint density at radius 1 is 0.621 bits per heavy atom. The molecule has 1 aliphatic heterocycles. The molecule has 0 atom stereocenters. The van der Waals surface area contributed by atoms with Crippen LogP contribution >= 0.6 is 0 Å². The molecule has 0 radical (unpaired) electrons. The van der Waals surface area contributed by atoms with Crippen LogP contribution in [0.2, 0.25) is 0 Å². The van der Waals surface area contributed by atoms with Crippen molar-refractivity contribution in [2.45, 2.75) is 72.1 Å². The van der Waals surface area contributed by atoms with E-state index in [0.29, 0.717) is 17.4 Å². The molecule has 334 valence electrons. The second kappa shape index (κ2) is 17.4. The summed E-state index contributed by atoms with van der Waals surface area (Å²) in [5, 5.41) is 2.19. The Morgan fingerprint density at radius 3 is 2.06 bits per heavy atom. The SMILES string of the molecule is CC(C)c1ccccc1-c1cc(Oc2[c-]c3c(cc2)c2ccccc2n3-c2cc(C(C)(C)C)ccn2)[c-]c(N2[CH-]N(c3c(-c4ccc(F)cc4)cccc3C(C)(C)C)c3ccccc32)c1.[Pt]. The summed E-state index contributed by atoms with van der Waals surface area (Å²) >= 11 is 0. The van der Waals surface area contributed by atoms with E-state index in [1.165, 1.54) is 28.8 Å². The third-order valence-corrected chi connectivity index (χ3v) is 12.5. The van der Waals surface area contributed by atoms with Crippen molar-refractivity contribution in [1.29, 1.82) is 0 Å².